The summed E-state index contributed by atoms with van der Waals surface area (Å²) in [5, 5.41) is 0. The van der Waals surface area contributed by atoms with E-state index in [-0.39, 0.29) is 5.75 Å². The maximum Gasteiger partial charge on any atom is 0.248 e. The first-order valence-electron chi connectivity index (χ1n) is 7.32. The molecule has 5 nitrogen and oxygen atoms in total. The number of carbonyl (C=O) groups is 1. The molecule has 1 aliphatic rings. The molecular formula is C15H22N2O3S. The molecule has 1 aliphatic carbocycles. The maximum atomic E-state index is 12.1. The Morgan fingerprint density at radius 2 is 1.76 bits per heavy atom. The molecular weight excluding hydrogens is 288 g/mol. The van der Waals surface area contributed by atoms with Gasteiger partial charge >= 0.3 is 0 Å². The largest absolute Gasteiger partial charge is 0.366 e. The van der Waals surface area contributed by atoms with E-state index in [0.29, 0.717) is 23.6 Å². The summed E-state index contributed by atoms with van der Waals surface area (Å²) in [6, 6.07) is 6.35. The van der Waals surface area contributed by atoms with Gasteiger partial charge in [0.05, 0.1) is 5.75 Å². The monoisotopic (exact) mass is 310 g/mol. The molecule has 0 atom stereocenters. The van der Waals surface area contributed by atoms with Crippen LogP contribution in [0.3, 0.4) is 0 Å². The third-order valence-corrected chi connectivity index (χ3v) is 5.23. The van der Waals surface area contributed by atoms with E-state index in [9.17, 15) is 13.2 Å². The number of hydrogen-bond acceptors (Lipinski definition) is 3. The number of amides is 1. The minimum Gasteiger partial charge on any atom is -0.366 e. The summed E-state index contributed by atoms with van der Waals surface area (Å²) in [6.07, 6.45) is 5.86. The van der Waals surface area contributed by atoms with Crippen molar-refractivity contribution in [2.45, 2.75) is 37.9 Å². The van der Waals surface area contributed by atoms with Crippen LogP contribution in [0.2, 0.25) is 0 Å². The van der Waals surface area contributed by atoms with Gasteiger partial charge in [-0.3, -0.25) is 4.79 Å². The van der Waals surface area contributed by atoms with Crippen LogP contribution in [-0.4, -0.2) is 20.9 Å². The van der Waals surface area contributed by atoms with Crippen molar-refractivity contribution in [3.8, 4) is 0 Å². The number of rotatable bonds is 6. The third-order valence-electron chi connectivity index (χ3n) is 3.91. The normalized spacial score (nSPS) is 16.8. The van der Waals surface area contributed by atoms with Crippen molar-refractivity contribution in [1.29, 1.82) is 0 Å². The summed E-state index contributed by atoms with van der Waals surface area (Å²) in [5.41, 5.74) is 6.18. The van der Waals surface area contributed by atoms with Gasteiger partial charge in [0.25, 0.3) is 0 Å². The third kappa shape index (κ3) is 5.13. The molecule has 0 heterocycles. The lowest BCUT2D eigenvalue weighted by molar-refractivity contribution is 0.100. The highest BCUT2D eigenvalue weighted by atomic mass is 32.2. The van der Waals surface area contributed by atoms with E-state index in [4.69, 9.17) is 5.73 Å². The first-order valence-corrected chi connectivity index (χ1v) is 8.97. The number of primary amides is 1. The summed E-state index contributed by atoms with van der Waals surface area (Å²) in [4.78, 5) is 11.0. The molecule has 0 aliphatic heterocycles. The molecule has 0 spiro atoms. The Morgan fingerprint density at radius 1 is 1.14 bits per heavy atom. The first kappa shape index (κ1) is 16.0. The fourth-order valence-corrected chi connectivity index (χ4v) is 3.89. The van der Waals surface area contributed by atoms with Gasteiger partial charge in [0, 0.05) is 12.1 Å². The van der Waals surface area contributed by atoms with Gasteiger partial charge in [-0.15, -0.1) is 0 Å². The standard InChI is InChI=1S/C15H22N2O3S/c16-15(18)14-8-6-13(7-9-14)11-21(19,20)17-10-12-4-2-1-3-5-12/h6-9,12,17H,1-5,10-11H2,(H2,16,18). The van der Waals surface area contributed by atoms with Crippen LogP contribution in [0.25, 0.3) is 0 Å². The van der Waals surface area contributed by atoms with E-state index < -0.39 is 15.9 Å². The second kappa shape index (κ2) is 7.04. The minimum absolute atomic E-state index is 0.0707. The van der Waals surface area contributed by atoms with E-state index >= 15 is 0 Å². The number of benzene rings is 1. The quantitative estimate of drug-likeness (QED) is 0.839. The molecule has 21 heavy (non-hydrogen) atoms. The van der Waals surface area contributed by atoms with Crippen molar-refractivity contribution in [2.24, 2.45) is 11.7 Å². The van der Waals surface area contributed by atoms with Gasteiger partial charge in [0.1, 0.15) is 0 Å². The molecule has 0 aromatic heterocycles. The van der Waals surface area contributed by atoms with Gasteiger partial charge in [-0.05, 0) is 36.5 Å². The summed E-state index contributed by atoms with van der Waals surface area (Å²) in [6.45, 7) is 0.529. The highest BCUT2D eigenvalue weighted by Gasteiger charge is 2.17. The summed E-state index contributed by atoms with van der Waals surface area (Å²) in [5.74, 6) is -0.121. The minimum atomic E-state index is -3.33. The zero-order chi connectivity index (χ0) is 15.3. The number of hydrogen-bond donors (Lipinski definition) is 2. The summed E-state index contributed by atoms with van der Waals surface area (Å²) in [7, 11) is -3.33. The lowest BCUT2D eigenvalue weighted by Crippen LogP contribution is -2.31. The molecule has 1 amide bonds. The van der Waals surface area contributed by atoms with E-state index in [1.54, 1.807) is 24.3 Å². The lowest BCUT2D eigenvalue weighted by atomic mass is 9.90. The van der Waals surface area contributed by atoms with Crippen molar-refractivity contribution in [3.05, 3.63) is 35.4 Å². The van der Waals surface area contributed by atoms with Gasteiger partial charge in [0.2, 0.25) is 15.9 Å². The van der Waals surface area contributed by atoms with E-state index in [2.05, 4.69) is 4.72 Å². The van der Waals surface area contributed by atoms with Crippen molar-refractivity contribution < 1.29 is 13.2 Å². The summed E-state index contributed by atoms with van der Waals surface area (Å²) >= 11 is 0. The van der Waals surface area contributed by atoms with Crippen molar-refractivity contribution in [2.75, 3.05) is 6.54 Å². The second-order valence-electron chi connectivity index (χ2n) is 5.67. The molecule has 0 radical (unpaired) electrons. The van der Waals surface area contributed by atoms with Crippen LogP contribution >= 0.6 is 0 Å². The average molecular weight is 310 g/mol. The predicted molar refractivity (Wildman–Crippen MR) is 82.2 cm³/mol. The Hall–Kier alpha value is -1.40. The van der Waals surface area contributed by atoms with Gasteiger partial charge in [-0.1, -0.05) is 31.4 Å². The molecule has 0 unspecified atom stereocenters. The second-order valence-corrected chi connectivity index (χ2v) is 7.48. The van der Waals surface area contributed by atoms with Gasteiger partial charge in [-0.25, -0.2) is 13.1 Å². The number of nitrogens with one attached hydrogen (secondary N) is 1. The van der Waals surface area contributed by atoms with Gasteiger partial charge < -0.3 is 5.73 Å². The zero-order valence-electron chi connectivity index (χ0n) is 12.0. The Kier molecular flexibility index (Phi) is 5.36. The van der Waals surface area contributed by atoms with E-state index in [0.717, 1.165) is 12.8 Å². The Labute approximate surface area is 126 Å². The molecule has 116 valence electrons. The van der Waals surface area contributed by atoms with Crippen LogP contribution in [-0.2, 0) is 15.8 Å². The van der Waals surface area contributed by atoms with Crippen molar-refractivity contribution in [1.82, 2.24) is 4.72 Å². The lowest BCUT2D eigenvalue weighted by Gasteiger charge is -2.21. The zero-order valence-corrected chi connectivity index (χ0v) is 12.9. The van der Waals surface area contributed by atoms with Crippen LogP contribution in [0.1, 0.15) is 48.0 Å². The Morgan fingerprint density at radius 3 is 2.33 bits per heavy atom. The molecule has 1 fully saturated rings. The molecule has 2 rings (SSSR count). The number of carbonyl (C=O) groups excluding carboxylic acids is 1. The number of sulfonamides is 1. The molecule has 1 aromatic carbocycles. The van der Waals surface area contributed by atoms with Crippen LogP contribution in [0.15, 0.2) is 24.3 Å². The number of nitrogens with two attached hydrogens (primary N) is 1. The molecule has 6 heteroatoms. The van der Waals surface area contributed by atoms with E-state index in [1.165, 1.54) is 19.3 Å². The first-order chi connectivity index (χ1) is 9.96. The van der Waals surface area contributed by atoms with Crippen molar-refractivity contribution >= 4 is 15.9 Å². The van der Waals surface area contributed by atoms with E-state index in [1.807, 2.05) is 0 Å². The van der Waals surface area contributed by atoms with Gasteiger partial charge in [-0.2, -0.15) is 0 Å². The highest BCUT2D eigenvalue weighted by Crippen LogP contribution is 2.23. The molecule has 3 N–H and O–H groups in total. The molecule has 1 aromatic rings. The fourth-order valence-electron chi connectivity index (χ4n) is 2.67. The fraction of sp³-hybridized carbons (Fsp3) is 0.533. The topological polar surface area (TPSA) is 89.3 Å². The average Bonchev–Trinajstić information content (AvgIpc) is 2.46. The SMILES string of the molecule is NC(=O)c1ccc(CS(=O)(=O)NCC2CCCCC2)cc1. The Balaban J connectivity index is 1.89. The van der Waals surface area contributed by atoms with Crippen LogP contribution in [0.5, 0.6) is 0 Å². The van der Waals surface area contributed by atoms with Crippen LogP contribution < -0.4 is 10.5 Å². The van der Waals surface area contributed by atoms with Gasteiger partial charge in [0.15, 0.2) is 0 Å². The molecule has 1 saturated carbocycles. The molecule has 0 bridgehead atoms. The summed E-state index contributed by atoms with van der Waals surface area (Å²) < 4.78 is 26.8. The predicted octanol–water partition coefficient (Wildman–Crippen LogP) is 1.79. The smallest absolute Gasteiger partial charge is 0.248 e. The maximum absolute atomic E-state index is 12.1. The van der Waals surface area contributed by atoms with Crippen LogP contribution in [0.4, 0.5) is 0 Å². The Bertz CT molecular complexity index is 575. The molecule has 0 saturated heterocycles. The van der Waals surface area contributed by atoms with Crippen molar-refractivity contribution in [3.63, 3.8) is 0 Å². The highest BCUT2D eigenvalue weighted by molar-refractivity contribution is 7.88. The van der Waals surface area contributed by atoms with Crippen LogP contribution in [0, 0.1) is 5.92 Å².